The molecule has 2 aliphatic rings. The highest BCUT2D eigenvalue weighted by molar-refractivity contribution is 14.0. The van der Waals surface area contributed by atoms with Crippen molar-refractivity contribution in [2.75, 3.05) is 32.4 Å². The van der Waals surface area contributed by atoms with Crippen LogP contribution in [0.1, 0.15) is 37.7 Å². The predicted molar refractivity (Wildman–Crippen MR) is 129 cm³/mol. The van der Waals surface area contributed by atoms with Crippen LogP contribution in [0.25, 0.3) is 0 Å². The Labute approximate surface area is 194 Å². The number of primary amides is 1. The molecule has 8 heteroatoms. The molecule has 2 fully saturated rings. The number of hydrogen-bond donors (Lipinski definition) is 2. The van der Waals surface area contributed by atoms with E-state index in [9.17, 15) is 9.18 Å². The number of aliphatic imine (C=N–C) groups is 1. The molecule has 1 aliphatic heterocycles. The Hall–Kier alpha value is -1.03. The quantitative estimate of drug-likeness (QED) is 0.345. The summed E-state index contributed by atoms with van der Waals surface area (Å²) in [5.74, 6) is 0.943. The molecule has 1 spiro atoms. The summed E-state index contributed by atoms with van der Waals surface area (Å²) in [6.07, 6.45) is 7.01. The van der Waals surface area contributed by atoms with Gasteiger partial charge in [-0.15, -0.1) is 24.0 Å². The smallest absolute Gasteiger partial charge is 0.222 e. The predicted octanol–water partition coefficient (Wildman–Crippen LogP) is 3.41. The number of carbonyl (C=O) groups excluding carboxylic acids is 1. The van der Waals surface area contributed by atoms with Gasteiger partial charge >= 0.3 is 0 Å². The van der Waals surface area contributed by atoms with Crippen molar-refractivity contribution in [1.29, 1.82) is 0 Å². The number of hydrogen-bond acceptors (Lipinski definition) is 3. The minimum Gasteiger partial charge on any atom is -0.369 e. The van der Waals surface area contributed by atoms with Gasteiger partial charge in [0, 0.05) is 37.2 Å². The Balaban J connectivity index is 0.00000300. The fourth-order valence-electron chi connectivity index (χ4n) is 4.25. The Kier molecular flexibility index (Phi) is 9.52. The van der Waals surface area contributed by atoms with E-state index in [1.165, 1.54) is 44.2 Å². The fraction of sp³-hybridized carbons (Fsp3) is 0.619. The molecule has 29 heavy (non-hydrogen) atoms. The minimum atomic E-state index is -0.370. The highest BCUT2D eigenvalue weighted by Gasteiger charge is 2.38. The molecule has 1 amide bonds. The molecular weight excluding hydrogens is 502 g/mol. The Bertz CT molecular complexity index is 689. The lowest BCUT2D eigenvalue weighted by Crippen LogP contribution is -2.54. The zero-order valence-corrected chi connectivity index (χ0v) is 20.2. The largest absolute Gasteiger partial charge is 0.369 e. The number of rotatable bonds is 5. The van der Waals surface area contributed by atoms with Crippen LogP contribution >= 0.6 is 35.7 Å². The molecule has 1 saturated carbocycles. The second-order valence-corrected chi connectivity index (χ2v) is 9.43. The van der Waals surface area contributed by atoms with E-state index in [0.29, 0.717) is 17.7 Å². The third-order valence-corrected chi connectivity index (χ3v) is 7.37. The summed E-state index contributed by atoms with van der Waals surface area (Å²) in [6, 6.07) is 6.23. The van der Waals surface area contributed by atoms with Crippen molar-refractivity contribution in [3.05, 3.63) is 35.6 Å². The Morgan fingerprint density at radius 1 is 1.31 bits per heavy atom. The highest BCUT2D eigenvalue weighted by atomic mass is 127. The number of guanidine groups is 1. The number of carbonyl (C=O) groups is 1. The van der Waals surface area contributed by atoms with Crippen molar-refractivity contribution in [3.63, 3.8) is 0 Å². The number of nitrogens with zero attached hydrogens (tertiary/aromatic N) is 2. The fourth-order valence-corrected chi connectivity index (χ4v) is 5.82. The normalized spacial score (nSPS) is 20.1. The first-order valence-electron chi connectivity index (χ1n) is 10.1. The lowest BCUT2D eigenvalue weighted by molar-refractivity contribution is -0.121. The maximum absolute atomic E-state index is 13.1. The van der Waals surface area contributed by atoms with Crippen LogP contribution in [0.5, 0.6) is 0 Å². The summed E-state index contributed by atoms with van der Waals surface area (Å²) in [5, 5.41) is 3.37. The van der Waals surface area contributed by atoms with Gasteiger partial charge in [0.2, 0.25) is 5.91 Å². The molecule has 162 valence electrons. The summed E-state index contributed by atoms with van der Waals surface area (Å²) >= 11 is 2.12. The number of nitrogens with one attached hydrogen (secondary N) is 1. The van der Waals surface area contributed by atoms with Gasteiger partial charge in [0.1, 0.15) is 5.82 Å². The van der Waals surface area contributed by atoms with Gasteiger partial charge in [-0.1, -0.05) is 31.4 Å². The molecule has 1 atom stereocenters. The Morgan fingerprint density at radius 2 is 2.00 bits per heavy atom. The molecule has 5 nitrogen and oxygen atoms in total. The zero-order valence-electron chi connectivity index (χ0n) is 17.0. The van der Waals surface area contributed by atoms with Crippen molar-refractivity contribution in [2.45, 2.75) is 43.3 Å². The van der Waals surface area contributed by atoms with Gasteiger partial charge in [-0.2, -0.15) is 11.8 Å². The highest BCUT2D eigenvalue weighted by Crippen LogP contribution is 2.42. The number of nitrogens with two attached hydrogens (primary N) is 1. The summed E-state index contributed by atoms with van der Waals surface area (Å²) in [6.45, 7) is 2.40. The van der Waals surface area contributed by atoms with Gasteiger partial charge < -0.3 is 16.0 Å². The molecule has 0 bridgehead atoms. The van der Waals surface area contributed by atoms with Crippen LogP contribution in [0.3, 0.4) is 0 Å². The Morgan fingerprint density at radius 3 is 2.62 bits per heavy atom. The van der Waals surface area contributed by atoms with Gasteiger partial charge in [-0.3, -0.25) is 9.79 Å². The van der Waals surface area contributed by atoms with Crippen LogP contribution in [0.15, 0.2) is 29.3 Å². The summed E-state index contributed by atoms with van der Waals surface area (Å²) in [5.41, 5.74) is 6.52. The first-order chi connectivity index (χ1) is 13.5. The lowest BCUT2D eigenvalue weighted by atomic mass is 9.87. The van der Waals surface area contributed by atoms with E-state index in [1.807, 2.05) is 0 Å². The van der Waals surface area contributed by atoms with Crippen molar-refractivity contribution in [1.82, 2.24) is 10.2 Å². The maximum Gasteiger partial charge on any atom is 0.222 e. The van der Waals surface area contributed by atoms with E-state index < -0.39 is 0 Å². The van der Waals surface area contributed by atoms with Gasteiger partial charge in [0.25, 0.3) is 0 Å². The van der Waals surface area contributed by atoms with Crippen molar-refractivity contribution < 1.29 is 9.18 Å². The van der Waals surface area contributed by atoms with E-state index in [2.05, 4.69) is 27.0 Å². The van der Waals surface area contributed by atoms with E-state index in [1.54, 1.807) is 19.2 Å². The van der Waals surface area contributed by atoms with Crippen LogP contribution < -0.4 is 11.1 Å². The van der Waals surface area contributed by atoms with E-state index in [0.717, 1.165) is 30.4 Å². The topological polar surface area (TPSA) is 70.7 Å². The molecule has 0 aromatic heterocycles. The second kappa shape index (κ2) is 11.4. The van der Waals surface area contributed by atoms with Crippen LogP contribution in [0.4, 0.5) is 4.39 Å². The van der Waals surface area contributed by atoms with Crippen molar-refractivity contribution in [2.24, 2.45) is 16.6 Å². The standard InChI is InChI=1S/C21H31FN4OS.HI/c1-24-20(26-11-12-28-21(15-26)9-3-2-4-10-21)25-14-17(19(23)27)13-16-5-7-18(22)8-6-16;/h5-8,17H,2-4,9-15H2,1H3,(H2,23,27)(H,24,25);1H. The molecule has 3 N–H and O–H groups in total. The van der Waals surface area contributed by atoms with E-state index in [4.69, 9.17) is 5.73 Å². The number of thioether (sulfide) groups is 1. The molecule has 1 aromatic carbocycles. The summed E-state index contributed by atoms with van der Waals surface area (Å²) in [7, 11) is 1.79. The second-order valence-electron chi connectivity index (χ2n) is 7.87. The monoisotopic (exact) mass is 534 g/mol. The van der Waals surface area contributed by atoms with Crippen molar-refractivity contribution in [3.8, 4) is 0 Å². The van der Waals surface area contributed by atoms with Crippen LogP contribution in [0, 0.1) is 11.7 Å². The minimum absolute atomic E-state index is 0. The van der Waals surface area contributed by atoms with Gasteiger partial charge in [0.05, 0.1) is 5.92 Å². The van der Waals surface area contributed by atoms with Gasteiger partial charge in [-0.25, -0.2) is 4.39 Å². The van der Waals surface area contributed by atoms with Crippen LogP contribution in [-0.2, 0) is 11.2 Å². The molecule has 3 rings (SSSR count). The third-order valence-electron chi connectivity index (χ3n) is 5.83. The molecule has 1 aromatic rings. The summed E-state index contributed by atoms with van der Waals surface area (Å²) in [4.78, 5) is 18.7. The van der Waals surface area contributed by atoms with Gasteiger partial charge in [0.15, 0.2) is 5.96 Å². The third kappa shape index (κ3) is 6.73. The molecule has 0 radical (unpaired) electrons. The number of amides is 1. The molecule has 1 aliphatic carbocycles. The van der Waals surface area contributed by atoms with Crippen LogP contribution in [0.2, 0.25) is 0 Å². The van der Waals surface area contributed by atoms with Crippen LogP contribution in [-0.4, -0.2) is 53.9 Å². The lowest BCUT2D eigenvalue weighted by Gasteiger charge is -2.45. The molecule has 1 heterocycles. The zero-order chi connectivity index (χ0) is 20.0. The average Bonchev–Trinajstić information content (AvgIpc) is 2.69. The van der Waals surface area contributed by atoms with E-state index >= 15 is 0 Å². The SMILES string of the molecule is CN=C(NCC(Cc1ccc(F)cc1)C(N)=O)N1CCSC2(CCCCC2)C1.I. The first kappa shape index (κ1) is 24.2. The molecular formula is C21H32FIN4OS. The number of halogens is 2. The number of benzene rings is 1. The molecule has 1 saturated heterocycles. The van der Waals surface area contributed by atoms with Crippen molar-refractivity contribution >= 4 is 47.6 Å². The molecule has 1 unspecified atom stereocenters. The van der Waals surface area contributed by atoms with E-state index in [-0.39, 0.29) is 41.6 Å². The summed E-state index contributed by atoms with van der Waals surface area (Å²) < 4.78 is 13.5. The first-order valence-corrected chi connectivity index (χ1v) is 11.1. The maximum atomic E-state index is 13.1. The van der Waals surface area contributed by atoms with Gasteiger partial charge in [-0.05, 0) is 37.0 Å². The average molecular weight is 534 g/mol.